The Labute approximate surface area is 92.9 Å². The Morgan fingerprint density at radius 1 is 1.81 bits per heavy atom. The topological polar surface area (TPSA) is 106 Å². The molecule has 0 bridgehead atoms. The van der Waals surface area contributed by atoms with Gasteiger partial charge in [-0.2, -0.15) is 5.10 Å². The summed E-state index contributed by atoms with van der Waals surface area (Å²) in [6, 6.07) is -0.205. The minimum Gasteiger partial charge on any atom is -0.409 e. The van der Waals surface area contributed by atoms with Gasteiger partial charge in [-0.15, -0.1) is 0 Å². The molecule has 0 saturated heterocycles. The normalized spacial score (nSPS) is 13.5. The number of aryl methyl sites for hydroxylation is 1. The molecule has 1 unspecified atom stereocenters. The van der Waals surface area contributed by atoms with E-state index < -0.39 is 0 Å². The van der Waals surface area contributed by atoms with Crippen LogP contribution in [0.5, 0.6) is 0 Å². The Morgan fingerprint density at radius 3 is 3.00 bits per heavy atom. The molecule has 1 heterocycles. The number of amidine groups is 1. The summed E-state index contributed by atoms with van der Waals surface area (Å²) in [5.74, 6) is -0.148. The minimum absolute atomic E-state index is 0.0824. The van der Waals surface area contributed by atoms with Gasteiger partial charge >= 0.3 is 0 Å². The van der Waals surface area contributed by atoms with Crippen LogP contribution in [-0.2, 0) is 7.05 Å². The molecule has 7 heteroatoms. The first-order chi connectivity index (χ1) is 7.52. The van der Waals surface area contributed by atoms with E-state index >= 15 is 0 Å². The number of rotatable bonds is 4. The van der Waals surface area contributed by atoms with Crippen LogP contribution in [0.1, 0.15) is 23.7 Å². The Bertz CT molecular complexity index is 398. The van der Waals surface area contributed by atoms with Crippen LogP contribution in [0.4, 0.5) is 0 Å². The van der Waals surface area contributed by atoms with E-state index in [-0.39, 0.29) is 17.8 Å². The van der Waals surface area contributed by atoms with Crippen molar-refractivity contribution in [2.45, 2.75) is 19.4 Å². The number of nitrogens with zero attached hydrogens (tertiary/aromatic N) is 3. The third-order valence-corrected chi connectivity index (χ3v) is 1.99. The first-order valence-electron chi connectivity index (χ1n) is 4.79. The summed E-state index contributed by atoms with van der Waals surface area (Å²) >= 11 is 0. The molecule has 0 aromatic carbocycles. The van der Waals surface area contributed by atoms with Crippen LogP contribution in [-0.4, -0.2) is 32.8 Å². The van der Waals surface area contributed by atoms with Crippen LogP contribution in [0.25, 0.3) is 0 Å². The van der Waals surface area contributed by atoms with Gasteiger partial charge in [-0.1, -0.05) is 5.16 Å². The SMILES string of the molecule is CC(CC(N)=NO)NC(=O)c1cnn(C)c1. The van der Waals surface area contributed by atoms with Gasteiger partial charge in [0.25, 0.3) is 5.91 Å². The number of aromatic nitrogens is 2. The van der Waals surface area contributed by atoms with E-state index in [1.807, 2.05) is 0 Å². The molecular weight excluding hydrogens is 210 g/mol. The monoisotopic (exact) mass is 225 g/mol. The molecule has 0 spiro atoms. The van der Waals surface area contributed by atoms with E-state index in [1.165, 1.54) is 6.20 Å². The number of carbonyl (C=O) groups is 1. The largest absolute Gasteiger partial charge is 0.409 e. The van der Waals surface area contributed by atoms with Crippen LogP contribution in [0.3, 0.4) is 0 Å². The fourth-order valence-electron chi connectivity index (χ4n) is 1.25. The lowest BCUT2D eigenvalue weighted by Gasteiger charge is -2.11. The second kappa shape index (κ2) is 5.15. The van der Waals surface area contributed by atoms with Gasteiger partial charge < -0.3 is 16.3 Å². The number of nitrogens with one attached hydrogen (secondary N) is 1. The average Bonchev–Trinajstić information content (AvgIpc) is 2.64. The summed E-state index contributed by atoms with van der Waals surface area (Å²) < 4.78 is 1.54. The Balaban J connectivity index is 2.52. The number of carbonyl (C=O) groups excluding carboxylic acids is 1. The van der Waals surface area contributed by atoms with Crippen molar-refractivity contribution in [3.05, 3.63) is 18.0 Å². The predicted octanol–water partition coefficient (Wildman–Crippen LogP) is -0.325. The molecule has 16 heavy (non-hydrogen) atoms. The van der Waals surface area contributed by atoms with E-state index in [2.05, 4.69) is 15.6 Å². The highest BCUT2D eigenvalue weighted by molar-refractivity contribution is 5.94. The summed E-state index contributed by atoms with van der Waals surface area (Å²) in [6.07, 6.45) is 3.39. The van der Waals surface area contributed by atoms with Gasteiger partial charge in [0.15, 0.2) is 0 Å². The average molecular weight is 225 g/mol. The van der Waals surface area contributed by atoms with Gasteiger partial charge in [-0.05, 0) is 6.92 Å². The molecule has 88 valence electrons. The number of hydrogen-bond acceptors (Lipinski definition) is 4. The molecule has 0 aliphatic carbocycles. The van der Waals surface area contributed by atoms with Crippen molar-refractivity contribution < 1.29 is 10.0 Å². The van der Waals surface area contributed by atoms with Gasteiger partial charge in [0.1, 0.15) is 5.84 Å². The summed E-state index contributed by atoms with van der Waals surface area (Å²) in [6.45, 7) is 1.77. The smallest absolute Gasteiger partial charge is 0.254 e. The molecule has 1 aromatic heterocycles. The lowest BCUT2D eigenvalue weighted by atomic mass is 10.2. The second-order valence-corrected chi connectivity index (χ2v) is 3.57. The molecule has 7 nitrogen and oxygen atoms in total. The summed E-state index contributed by atoms with van der Waals surface area (Å²) in [5.41, 5.74) is 5.81. The molecule has 4 N–H and O–H groups in total. The quantitative estimate of drug-likeness (QED) is 0.282. The van der Waals surface area contributed by atoms with E-state index in [1.54, 1.807) is 24.9 Å². The second-order valence-electron chi connectivity index (χ2n) is 3.57. The van der Waals surface area contributed by atoms with Crippen molar-refractivity contribution in [3.8, 4) is 0 Å². The van der Waals surface area contributed by atoms with Gasteiger partial charge in [-0.3, -0.25) is 9.48 Å². The number of hydrogen-bond donors (Lipinski definition) is 3. The zero-order valence-corrected chi connectivity index (χ0v) is 9.21. The molecule has 0 fully saturated rings. The molecule has 0 saturated carbocycles. The third-order valence-electron chi connectivity index (χ3n) is 1.99. The predicted molar refractivity (Wildman–Crippen MR) is 58.2 cm³/mol. The van der Waals surface area contributed by atoms with Crippen LogP contribution >= 0.6 is 0 Å². The van der Waals surface area contributed by atoms with Gasteiger partial charge in [0.2, 0.25) is 0 Å². The molecule has 0 aliphatic rings. The van der Waals surface area contributed by atoms with E-state index in [0.717, 1.165) is 0 Å². The number of nitrogens with two attached hydrogens (primary N) is 1. The lowest BCUT2D eigenvalue weighted by molar-refractivity contribution is 0.0941. The highest BCUT2D eigenvalue weighted by atomic mass is 16.4. The van der Waals surface area contributed by atoms with Crippen molar-refractivity contribution in [1.82, 2.24) is 15.1 Å². The highest BCUT2D eigenvalue weighted by Gasteiger charge is 2.12. The van der Waals surface area contributed by atoms with Crippen LogP contribution in [0.2, 0.25) is 0 Å². The summed E-state index contributed by atoms with van der Waals surface area (Å²) in [4.78, 5) is 11.6. The van der Waals surface area contributed by atoms with Gasteiger partial charge in [-0.25, -0.2) is 0 Å². The maximum atomic E-state index is 11.6. The molecular formula is C9H15N5O2. The van der Waals surface area contributed by atoms with Crippen molar-refractivity contribution in [1.29, 1.82) is 0 Å². The van der Waals surface area contributed by atoms with Crippen LogP contribution in [0, 0.1) is 0 Å². The highest BCUT2D eigenvalue weighted by Crippen LogP contribution is 1.98. The van der Waals surface area contributed by atoms with Gasteiger partial charge in [0, 0.05) is 25.7 Å². The molecule has 1 atom stereocenters. The molecule has 0 aliphatic heterocycles. The molecule has 0 radical (unpaired) electrons. The van der Waals surface area contributed by atoms with Crippen molar-refractivity contribution in [3.63, 3.8) is 0 Å². The van der Waals surface area contributed by atoms with Crippen molar-refractivity contribution in [2.24, 2.45) is 17.9 Å². The number of amides is 1. The fraction of sp³-hybridized carbons (Fsp3) is 0.444. The summed E-state index contributed by atoms with van der Waals surface area (Å²) in [5, 5.41) is 17.8. The third kappa shape index (κ3) is 3.26. The Morgan fingerprint density at radius 2 is 2.50 bits per heavy atom. The zero-order chi connectivity index (χ0) is 12.1. The maximum Gasteiger partial charge on any atom is 0.254 e. The summed E-state index contributed by atoms with van der Waals surface area (Å²) in [7, 11) is 1.73. The molecule has 1 rings (SSSR count). The van der Waals surface area contributed by atoms with Crippen molar-refractivity contribution in [2.75, 3.05) is 0 Å². The first-order valence-corrected chi connectivity index (χ1v) is 4.79. The van der Waals surface area contributed by atoms with Crippen LogP contribution < -0.4 is 11.1 Å². The van der Waals surface area contributed by atoms with E-state index in [0.29, 0.717) is 12.0 Å². The fourth-order valence-corrected chi connectivity index (χ4v) is 1.25. The molecule has 1 aromatic rings. The molecule has 1 amide bonds. The Hall–Kier alpha value is -2.05. The Kier molecular flexibility index (Phi) is 3.87. The first kappa shape index (κ1) is 12.0. The van der Waals surface area contributed by atoms with E-state index in [4.69, 9.17) is 10.9 Å². The minimum atomic E-state index is -0.230. The van der Waals surface area contributed by atoms with Gasteiger partial charge in [0.05, 0.1) is 11.8 Å². The zero-order valence-electron chi connectivity index (χ0n) is 9.21. The van der Waals surface area contributed by atoms with Crippen molar-refractivity contribution >= 4 is 11.7 Å². The standard InChI is InChI=1S/C9H15N5O2/c1-6(3-8(10)13-16)12-9(15)7-4-11-14(2)5-7/h4-6,16H,3H2,1-2H3,(H2,10,13)(H,12,15). The van der Waals surface area contributed by atoms with Crippen LogP contribution in [0.15, 0.2) is 17.5 Å². The lowest BCUT2D eigenvalue weighted by Crippen LogP contribution is -2.35. The van der Waals surface area contributed by atoms with E-state index in [9.17, 15) is 4.79 Å². The maximum absolute atomic E-state index is 11.6. The number of oxime groups is 1.